The van der Waals surface area contributed by atoms with Crippen molar-refractivity contribution in [1.29, 1.82) is 0 Å². The van der Waals surface area contributed by atoms with E-state index in [0.717, 1.165) is 38.8 Å². The number of hydrogen-bond donors (Lipinski definition) is 0. The number of nitrogens with zero attached hydrogens (tertiary/aromatic N) is 9. The summed E-state index contributed by atoms with van der Waals surface area (Å²) in [5, 5.41) is 4.75. The number of carbonyl (C=O) groups is 1. The molecule has 1 aliphatic heterocycles. The van der Waals surface area contributed by atoms with Crippen LogP contribution in [0.2, 0.25) is 5.02 Å². The van der Waals surface area contributed by atoms with Gasteiger partial charge in [0.1, 0.15) is 17.8 Å². The highest BCUT2D eigenvalue weighted by atomic mass is 35.5. The summed E-state index contributed by atoms with van der Waals surface area (Å²) >= 11 is 5.89. The van der Waals surface area contributed by atoms with Gasteiger partial charge in [-0.15, -0.1) is 0 Å². The first-order valence-electron chi connectivity index (χ1n) is 10.3. The third-order valence-electron chi connectivity index (χ3n) is 5.62. The summed E-state index contributed by atoms with van der Waals surface area (Å²) in [5.74, 6) is 1.80. The molecule has 2 aliphatic rings. The van der Waals surface area contributed by atoms with Crippen molar-refractivity contribution in [3.05, 3.63) is 47.7 Å². The molecule has 0 unspecified atom stereocenters. The van der Waals surface area contributed by atoms with Gasteiger partial charge in [-0.05, 0) is 32.6 Å². The molecule has 11 heteroatoms. The van der Waals surface area contributed by atoms with Crippen LogP contribution in [0.4, 0.5) is 5.95 Å². The fraction of sp³-hybridized carbons (Fsp3) is 0.450. The third-order valence-corrected chi connectivity index (χ3v) is 5.82. The highest BCUT2D eigenvalue weighted by Gasteiger charge is 2.39. The van der Waals surface area contributed by atoms with Crippen molar-refractivity contribution >= 4 is 23.5 Å². The molecule has 3 aromatic heterocycles. The molecule has 3 aromatic rings. The summed E-state index contributed by atoms with van der Waals surface area (Å²) in [7, 11) is 0. The molecular weight excluding hydrogens is 418 g/mol. The summed E-state index contributed by atoms with van der Waals surface area (Å²) in [6, 6.07) is 0.457. The van der Waals surface area contributed by atoms with Gasteiger partial charge in [0.15, 0.2) is 5.82 Å². The summed E-state index contributed by atoms with van der Waals surface area (Å²) in [6.07, 6.45) is 11.7. The Morgan fingerprint density at radius 2 is 1.68 bits per heavy atom. The topological polar surface area (TPSA) is 106 Å². The van der Waals surface area contributed by atoms with Crippen LogP contribution in [0.3, 0.4) is 0 Å². The van der Waals surface area contributed by atoms with Crippen molar-refractivity contribution < 1.29 is 4.79 Å². The number of halogens is 1. The molecule has 160 valence electrons. The Morgan fingerprint density at radius 3 is 2.26 bits per heavy atom. The maximum atomic E-state index is 13.3. The van der Waals surface area contributed by atoms with Crippen molar-refractivity contribution in [3.8, 4) is 5.82 Å². The van der Waals surface area contributed by atoms with Gasteiger partial charge in [-0.25, -0.2) is 29.6 Å². The normalized spacial score (nSPS) is 17.0. The number of piperidine rings is 1. The molecule has 0 radical (unpaired) electrons. The Hall–Kier alpha value is -3.14. The zero-order valence-corrected chi connectivity index (χ0v) is 17.9. The third kappa shape index (κ3) is 4.20. The summed E-state index contributed by atoms with van der Waals surface area (Å²) in [4.78, 5) is 38.9. The fourth-order valence-electron chi connectivity index (χ4n) is 3.93. The molecule has 5 rings (SSSR count). The molecule has 0 bridgehead atoms. The van der Waals surface area contributed by atoms with E-state index < -0.39 is 0 Å². The van der Waals surface area contributed by atoms with Crippen LogP contribution in [0.25, 0.3) is 5.82 Å². The number of anilines is 1. The molecule has 1 amide bonds. The van der Waals surface area contributed by atoms with Crippen LogP contribution in [-0.4, -0.2) is 70.7 Å². The number of hydrogen-bond acceptors (Lipinski definition) is 8. The Kier molecular flexibility index (Phi) is 5.23. The zero-order chi connectivity index (χ0) is 21.4. The van der Waals surface area contributed by atoms with E-state index in [-0.39, 0.29) is 18.0 Å². The molecule has 31 heavy (non-hydrogen) atoms. The van der Waals surface area contributed by atoms with E-state index in [9.17, 15) is 4.79 Å². The van der Waals surface area contributed by atoms with Crippen LogP contribution in [0.1, 0.15) is 42.0 Å². The standard InChI is InChI=1S/C20H22ClN9O/c1-13-26-12-29(27-13)18-11-22-17(10-23-18)19(31)30(15-2-3-15)16-4-6-28(7-5-16)20-24-8-14(21)9-25-20/h8-12,15-16H,2-7H2,1H3. The van der Waals surface area contributed by atoms with Gasteiger partial charge >= 0.3 is 0 Å². The van der Waals surface area contributed by atoms with E-state index in [0.29, 0.717) is 28.3 Å². The van der Waals surface area contributed by atoms with Crippen LogP contribution in [0, 0.1) is 6.92 Å². The summed E-state index contributed by atoms with van der Waals surface area (Å²) in [5.41, 5.74) is 0.357. The Labute approximate surface area is 184 Å². The lowest BCUT2D eigenvalue weighted by molar-refractivity contribution is 0.0623. The summed E-state index contributed by atoms with van der Waals surface area (Å²) < 4.78 is 1.55. The number of aromatic nitrogens is 7. The highest BCUT2D eigenvalue weighted by Crippen LogP contribution is 2.33. The predicted octanol–water partition coefficient (Wildman–Crippen LogP) is 2.08. The van der Waals surface area contributed by atoms with Gasteiger partial charge in [0, 0.05) is 25.2 Å². The number of aryl methyl sites for hydroxylation is 1. The number of amides is 1. The van der Waals surface area contributed by atoms with Crippen LogP contribution in [-0.2, 0) is 0 Å². The first kappa shape index (κ1) is 19.8. The van der Waals surface area contributed by atoms with E-state index >= 15 is 0 Å². The first-order chi connectivity index (χ1) is 15.1. The first-order valence-corrected chi connectivity index (χ1v) is 10.7. The van der Waals surface area contributed by atoms with Gasteiger partial charge in [0.2, 0.25) is 5.95 Å². The molecule has 1 aliphatic carbocycles. The van der Waals surface area contributed by atoms with Crippen molar-refractivity contribution in [2.75, 3.05) is 18.0 Å². The second-order valence-electron chi connectivity index (χ2n) is 7.86. The van der Waals surface area contributed by atoms with Crippen LogP contribution in [0.15, 0.2) is 31.1 Å². The molecule has 4 heterocycles. The lowest BCUT2D eigenvalue weighted by Gasteiger charge is -2.38. The highest BCUT2D eigenvalue weighted by molar-refractivity contribution is 6.30. The van der Waals surface area contributed by atoms with Crippen LogP contribution < -0.4 is 4.90 Å². The molecule has 0 N–H and O–H groups in total. The number of carbonyl (C=O) groups excluding carboxylic acids is 1. The Morgan fingerprint density at radius 1 is 0.968 bits per heavy atom. The van der Waals surface area contributed by atoms with E-state index in [1.54, 1.807) is 36.5 Å². The van der Waals surface area contributed by atoms with Gasteiger partial charge < -0.3 is 9.80 Å². The van der Waals surface area contributed by atoms with E-state index in [4.69, 9.17) is 11.6 Å². The second-order valence-corrected chi connectivity index (χ2v) is 8.30. The largest absolute Gasteiger partial charge is 0.341 e. The Bertz CT molecular complexity index is 1060. The fourth-order valence-corrected chi connectivity index (χ4v) is 4.03. The van der Waals surface area contributed by atoms with Gasteiger partial charge in [0.25, 0.3) is 5.91 Å². The van der Waals surface area contributed by atoms with Gasteiger partial charge in [-0.2, -0.15) is 5.10 Å². The monoisotopic (exact) mass is 439 g/mol. The molecule has 1 saturated heterocycles. The van der Waals surface area contributed by atoms with Crippen LogP contribution >= 0.6 is 11.6 Å². The van der Waals surface area contributed by atoms with Crippen LogP contribution in [0.5, 0.6) is 0 Å². The lowest BCUT2D eigenvalue weighted by atomic mass is 10.0. The minimum Gasteiger partial charge on any atom is -0.341 e. The van der Waals surface area contributed by atoms with E-state index in [2.05, 4.69) is 34.9 Å². The van der Waals surface area contributed by atoms with Gasteiger partial charge in [-0.3, -0.25) is 4.79 Å². The second kappa shape index (κ2) is 8.18. The van der Waals surface area contributed by atoms with Crippen molar-refractivity contribution in [2.45, 2.75) is 44.7 Å². The van der Waals surface area contributed by atoms with Gasteiger partial charge in [0.05, 0.1) is 29.8 Å². The molecular formula is C20H22ClN9O. The smallest absolute Gasteiger partial charge is 0.274 e. The quantitative estimate of drug-likeness (QED) is 0.594. The zero-order valence-electron chi connectivity index (χ0n) is 17.1. The molecule has 0 spiro atoms. The van der Waals surface area contributed by atoms with Crippen molar-refractivity contribution in [2.24, 2.45) is 0 Å². The number of rotatable bonds is 5. The molecule has 10 nitrogen and oxygen atoms in total. The predicted molar refractivity (Wildman–Crippen MR) is 113 cm³/mol. The average molecular weight is 440 g/mol. The minimum absolute atomic E-state index is 0.0579. The maximum Gasteiger partial charge on any atom is 0.274 e. The molecule has 1 saturated carbocycles. The lowest BCUT2D eigenvalue weighted by Crippen LogP contribution is -2.49. The SMILES string of the molecule is Cc1ncn(-c2cnc(C(=O)N(C3CC3)C3CCN(c4ncc(Cl)cn4)CC3)cn2)n1. The van der Waals surface area contributed by atoms with Crippen molar-refractivity contribution in [1.82, 2.24) is 39.6 Å². The van der Waals surface area contributed by atoms with E-state index in [1.807, 2.05) is 4.90 Å². The molecule has 0 atom stereocenters. The van der Waals surface area contributed by atoms with Gasteiger partial charge in [-0.1, -0.05) is 11.6 Å². The minimum atomic E-state index is -0.0579. The van der Waals surface area contributed by atoms with Crippen molar-refractivity contribution in [3.63, 3.8) is 0 Å². The average Bonchev–Trinajstić information content (AvgIpc) is 3.54. The Balaban J connectivity index is 1.28. The molecule has 0 aromatic carbocycles. The molecule has 2 fully saturated rings. The summed E-state index contributed by atoms with van der Waals surface area (Å²) in [6.45, 7) is 3.39. The van der Waals surface area contributed by atoms with E-state index in [1.165, 1.54) is 6.20 Å². The maximum absolute atomic E-state index is 13.3.